The van der Waals surface area contributed by atoms with Crippen molar-refractivity contribution in [3.63, 3.8) is 0 Å². The number of carbonyl (C=O) groups excluding carboxylic acids is 1. The van der Waals surface area contributed by atoms with E-state index >= 15 is 0 Å². The van der Waals surface area contributed by atoms with Gasteiger partial charge in [0.1, 0.15) is 0 Å². The van der Waals surface area contributed by atoms with Crippen molar-refractivity contribution >= 4 is 17.1 Å². The molecule has 82 valence electrons. The van der Waals surface area contributed by atoms with Crippen molar-refractivity contribution in [1.82, 2.24) is 0 Å². The first-order chi connectivity index (χ1) is 7.58. The molecule has 1 aromatic carbocycles. The second-order valence-electron chi connectivity index (χ2n) is 4.06. The van der Waals surface area contributed by atoms with Gasteiger partial charge in [-0.25, -0.2) is 0 Å². The molecule has 0 unspecified atom stereocenters. The van der Waals surface area contributed by atoms with Crippen molar-refractivity contribution in [2.24, 2.45) is 0 Å². The summed E-state index contributed by atoms with van der Waals surface area (Å²) >= 11 is 1.55. The van der Waals surface area contributed by atoms with Crippen LogP contribution in [-0.2, 0) is 0 Å². The van der Waals surface area contributed by atoms with Crippen LogP contribution in [0.5, 0.6) is 0 Å². The molecule has 1 nitrogen and oxygen atoms in total. The third-order valence-corrected chi connectivity index (χ3v) is 3.59. The fourth-order valence-electron chi connectivity index (χ4n) is 1.76. The normalized spacial score (nSPS) is 10.4. The number of ketones is 1. The summed E-state index contributed by atoms with van der Waals surface area (Å²) in [5.74, 6) is 0.135. The molecule has 0 atom stereocenters. The van der Waals surface area contributed by atoms with Crippen LogP contribution < -0.4 is 0 Å². The first kappa shape index (κ1) is 11.1. The van der Waals surface area contributed by atoms with Gasteiger partial charge in [0.2, 0.25) is 5.78 Å². The van der Waals surface area contributed by atoms with Crippen molar-refractivity contribution in [1.29, 1.82) is 0 Å². The average molecular weight is 230 g/mol. The van der Waals surface area contributed by atoms with E-state index in [1.54, 1.807) is 11.3 Å². The molecule has 0 aliphatic rings. The topological polar surface area (TPSA) is 17.1 Å². The van der Waals surface area contributed by atoms with Gasteiger partial charge in [-0.05, 0) is 38.5 Å². The van der Waals surface area contributed by atoms with Gasteiger partial charge in [-0.3, -0.25) is 4.79 Å². The number of thiophene rings is 1. The Kier molecular flexibility index (Phi) is 2.92. The van der Waals surface area contributed by atoms with Crippen molar-refractivity contribution in [3.8, 4) is 0 Å². The maximum absolute atomic E-state index is 12.2. The highest BCUT2D eigenvalue weighted by atomic mass is 32.1. The molecule has 0 N–H and O–H groups in total. The molecule has 0 amide bonds. The highest BCUT2D eigenvalue weighted by Crippen LogP contribution is 2.21. The molecule has 2 heteroatoms. The van der Waals surface area contributed by atoms with Crippen LogP contribution in [0.1, 0.15) is 31.2 Å². The summed E-state index contributed by atoms with van der Waals surface area (Å²) in [6.07, 6.45) is 0. The Morgan fingerprint density at radius 2 is 1.81 bits per heavy atom. The maximum Gasteiger partial charge on any atom is 0.203 e. The summed E-state index contributed by atoms with van der Waals surface area (Å²) in [6.45, 7) is 6.04. The lowest BCUT2D eigenvalue weighted by molar-refractivity contribution is 0.104. The molecule has 16 heavy (non-hydrogen) atoms. The van der Waals surface area contributed by atoms with Crippen LogP contribution in [0.3, 0.4) is 0 Å². The predicted molar refractivity (Wildman–Crippen MR) is 68.4 cm³/mol. The molecule has 2 aromatic rings. The number of carbonyl (C=O) groups is 1. The maximum atomic E-state index is 12.2. The van der Waals surface area contributed by atoms with E-state index in [1.807, 2.05) is 51.1 Å². The first-order valence-corrected chi connectivity index (χ1v) is 6.08. The van der Waals surface area contributed by atoms with Crippen LogP contribution in [0.4, 0.5) is 0 Å². The second kappa shape index (κ2) is 4.22. The monoisotopic (exact) mass is 230 g/mol. The zero-order chi connectivity index (χ0) is 11.7. The lowest BCUT2D eigenvalue weighted by atomic mass is 10.0. The highest BCUT2D eigenvalue weighted by molar-refractivity contribution is 7.14. The molecule has 0 saturated heterocycles. The van der Waals surface area contributed by atoms with E-state index < -0.39 is 0 Å². The van der Waals surface area contributed by atoms with Gasteiger partial charge >= 0.3 is 0 Å². The number of benzene rings is 1. The van der Waals surface area contributed by atoms with Crippen molar-refractivity contribution in [2.75, 3.05) is 0 Å². The quantitative estimate of drug-likeness (QED) is 0.715. The molecular formula is C14H14OS. The SMILES string of the molecule is Cc1ccc(C(=O)c2ccc(C)s2)c(C)c1. The summed E-state index contributed by atoms with van der Waals surface area (Å²) in [7, 11) is 0. The van der Waals surface area contributed by atoms with Gasteiger partial charge in [0, 0.05) is 10.4 Å². The van der Waals surface area contributed by atoms with Gasteiger partial charge in [-0.15, -0.1) is 11.3 Å². The zero-order valence-corrected chi connectivity index (χ0v) is 10.5. The van der Waals surface area contributed by atoms with Gasteiger partial charge in [0.25, 0.3) is 0 Å². The smallest absolute Gasteiger partial charge is 0.203 e. The van der Waals surface area contributed by atoms with E-state index in [0.29, 0.717) is 0 Å². The van der Waals surface area contributed by atoms with Crippen LogP contribution in [0.25, 0.3) is 0 Å². The summed E-state index contributed by atoms with van der Waals surface area (Å²) < 4.78 is 0. The van der Waals surface area contributed by atoms with Crippen LogP contribution in [0.2, 0.25) is 0 Å². The van der Waals surface area contributed by atoms with E-state index in [1.165, 1.54) is 10.4 Å². The molecule has 0 spiro atoms. The molecule has 0 aliphatic heterocycles. The average Bonchev–Trinajstić information content (AvgIpc) is 2.64. The summed E-state index contributed by atoms with van der Waals surface area (Å²) in [5, 5.41) is 0. The number of rotatable bonds is 2. The zero-order valence-electron chi connectivity index (χ0n) is 9.70. The van der Waals surface area contributed by atoms with E-state index in [4.69, 9.17) is 0 Å². The van der Waals surface area contributed by atoms with Crippen molar-refractivity contribution < 1.29 is 4.79 Å². The number of hydrogen-bond donors (Lipinski definition) is 0. The van der Waals surface area contributed by atoms with Gasteiger partial charge in [0.05, 0.1) is 4.88 Å². The highest BCUT2D eigenvalue weighted by Gasteiger charge is 2.13. The van der Waals surface area contributed by atoms with Crippen LogP contribution >= 0.6 is 11.3 Å². The molecular weight excluding hydrogens is 216 g/mol. The van der Waals surface area contributed by atoms with Crippen LogP contribution in [0.15, 0.2) is 30.3 Å². The summed E-state index contributed by atoms with van der Waals surface area (Å²) in [5.41, 5.74) is 3.06. The van der Waals surface area contributed by atoms with Crippen LogP contribution in [-0.4, -0.2) is 5.78 Å². The Morgan fingerprint density at radius 3 is 2.38 bits per heavy atom. The van der Waals surface area contributed by atoms with Gasteiger partial charge in [-0.1, -0.05) is 23.8 Å². The van der Waals surface area contributed by atoms with E-state index in [2.05, 4.69) is 0 Å². The van der Waals surface area contributed by atoms with E-state index in [0.717, 1.165) is 16.0 Å². The minimum absolute atomic E-state index is 0.135. The lowest BCUT2D eigenvalue weighted by Crippen LogP contribution is -2.01. The van der Waals surface area contributed by atoms with Crippen LogP contribution in [0, 0.1) is 20.8 Å². The standard InChI is InChI=1S/C14H14OS/c1-9-4-6-12(10(2)8-9)14(15)13-7-5-11(3)16-13/h4-8H,1-3H3. The Morgan fingerprint density at radius 1 is 1.06 bits per heavy atom. The minimum atomic E-state index is 0.135. The molecule has 1 aromatic heterocycles. The Bertz CT molecular complexity index is 537. The molecule has 0 saturated carbocycles. The summed E-state index contributed by atoms with van der Waals surface area (Å²) in [6, 6.07) is 9.85. The van der Waals surface area contributed by atoms with E-state index in [9.17, 15) is 4.79 Å². The Labute approximate surface area is 99.8 Å². The molecule has 0 radical (unpaired) electrons. The predicted octanol–water partition coefficient (Wildman–Crippen LogP) is 3.90. The van der Waals surface area contributed by atoms with Gasteiger partial charge < -0.3 is 0 Å². The minimum Gasteiger partial charge on any atom is -0.288 e. The second-order valence-corrected chi connectivity index (χ2v) is 5.35. The van der Waals surface area contributed by atoms with Gasteiger partial charge in [-0.2, -0.15) is 0 Å². The third-order valence-electron chi connectivity index (χ3n) is 2.59. The molecule has 2 rings (SSSR count). The number of aryl methyl sites for hydroxylation is 3. The molecule has 0 fully saturated rings. The largest absolute Gasteiger partial charge is 0.288 e. The fourth-order valence-corrected chi connectivity index (χ4v) is 2.58. The Hall–Kier alpha value is -1.41. The fraction of sp³-hybridized carbons (Fsp3) is 0.214. The Balaban J connectivity index is 2.41. The van der Waals surface area contributed by atoms with Crippen molar-refractivity contribution in [3.05, 3.63) is 56.8 Å². The third kappa shape index (κ3) is 2.07. The van der Waals surface area contributed by atoms with Gasteiger partial charge in [0.15, 0.2) is 0 Å². The summed E-state index contributed by atoms with van der Waals surface area (Å²) in [4.78, 5) is 14.2. The lowest BCUT2D eigenvalue weighted by Gasteiger charge is -2.04. The molecule has 1 heterocycles. The van der Waals surface area contributed by atoms with Crippen molar-refractivity contribution in [2.45, 2.75) is 20.8 Å². The van der Waals surface area contributed by atoms with E-state index in [-0.39, 0.29) is 5.78 Å². The molecule has 0 bridgehead atoms. The first-order valence-electron chi connectivity index (χ1n) is 5.26. The molecule has 0 aliphatic carbocycles. The number of hydrogen-bond acceptors (Lipinski definition) is 2.